The van der Waals surface area contributed by atoms with E-state index in [1.165, 1.54) is 13.2 Å². The Hall–Kier alpha value is -0.940. The van der Waals surface area contributed by atoms with Gasteiger partial charge in [-0.3, -0.25) is 5.32 Å². The van der Waals surface area contributed by atoms with Crippen molar-refractivity contribution in [2.24, 2.45) is 0 Å². The zero-order valence-corrected chi connectivity index (χ0v) is 13.3. The zero-order valence-electron chi connectivity index (χ0n) is 11.7. The van der Waals surface area contributed by atoms with Crippen LogP contribution in [0.3, 0.4) is 0 Å². The van der Waals surface area contributed by atoms with Gasteiger partial charge in [0.05, 0.1) is 7.11 Å². The molecule has 0 heterocycles. The van der Waals surface area contributed by atoms with Gasteiger partial charge in [-0.25, -0.2) is 9.18 Å². The molecule has 1 atom stereocenters. The first-order valence-electron chi connectivity index (χ1n) is 6.79. The van der Waals surface area contributed by atoms with Crippen molar-refractivity contribution < 1.29 is 13.9 Å². The largest absolute Gasteiger partial charge is 0.467 e. The standard InChI is InChI=1S/C15H19BrFNO2/c1-15(14(19)20-2,18-11-5-3-4-6-11)12-9-10(16)7-8-13(12)17/h7-9,11,18H,3-6H2,1-2H3. The Labute approximate surface area is 127 Å². The Balaban J connectivity index is 2.39. The number of carbonyl (C=O) groups is 1. The number of ether oxygens (including phenoxy) is 1. The Morgan fingerprint density at radius 1 is 1.45 bits per heavy atom. The molecular weight excluding hydrogens is 325 g/mol. The molecular formula is C15H19BrFNO2. The second-order valence-electron chi connectivity index (χ2n) is 5.37. The lowest BCUT2D eigenvalue weighted by Gasteiger charge is -2.32. The lowest BCUT2D eigenvalue weighted by atomic mass is 9.90. The maximum absolute atomic E-state index is 14.2. The molecule has 3 nitrogen and oxygen atoms in total. The first-order valence-corrected chi connectivity index (χ1v) is 7.58. The summed E-state index contributed by atoms with van der Waals surface area (Å²) in [6, 6.07) is 4.83. The van der Waals surface area contributed by atoms with Crippen LogP contribution in [-0.2, 0) is 15.1 Å². The molecule has 20 heavy (non-hydrogen) atoms. The molecule has 0 bridgehead atoms. The van der Waals surface area contributed by atoms with Gasteiger partial charge in [0.2, 0.25) is 0 Å². The number of esters is 1. The molecule has 5 heteroatoms. The number of hydrogen-bond acceptors (Lipinski definition) is 3. The maximum Gasteiger partial charge on any atom is 0.330 e. The molecule has 0 radical (unpaired) electrons. The van der Waals surface area contributed by atoms with Gasteiger partial charge in [-0.1, -0.05) is 28.8 Å². The molecule has 0 aromatic heterocycles. The zero-order chi connectivity index (χ0) is 14.8. The Morgan fingerprint density at radius 2 is 2.10 bits per heavy atom. The minimum atomic E-state index is -1.17. The average molecular weight is 344 g/mol. The van der Waals surface area contributed by atoms with Crippen LogP contribution in [0.5, 0.6) is 0 Å². The van der Waals surface area contributed by atoms with Crippen molar-refractivity contribution in [3.05, 3.63) is 34.1 Å². The van der Waals surface area contributed by atoms with E-state index in [2.05, 4.69) is 21.2 Å². The van der Waals surface area contributed by atoms with Crippen LogP contribution >= 0.6 is 15.9 Å². The first kappa shape index (κ1) is 15.4. The van der Waals surface area contributed by atoms with Crippen LogP contribution in [0, 0.1) is 5.82 Å². The van der Waals surface area contributed by atoms with Crippen molar-refractivity contribution in [1.82, 2.24) is 5.32 Å². The highest BCUT2D eigenvalue weighted by molar-refractivity contribution is 9.10. The van der Waals surface area contributed by atoms with Crippen LogP contribution in [0.25, 0.3) is 0 Å². The van der Waals surface area contributed by atoms with E-state index in [-0.39, 0.29) is 6.04 Å². The number of hydrogen-bond donors (Lipinski definition) is 1. The molecule has 2 rings (SSSR count). The highest BCUT2D eigenvalue weighted by atomic mass is 79.9. The number of halogens is 2. The second-order valence-corrected chi connectivity index (χ2v) is 6.28. The number of methoxy groups -OCH3 is 1. The molecule has 0 saturated heterocycles. The van der Waals surface area contributed by atoms with E-state index in [1.54, 1.807) is 19.1 Å². The van der Waals surface area contributed by atoms with Gasteiger partial charge >= 0.3 is 5.97 Å². The monoisotopic (exact) mass is 343 g/mol. The quantitative estimate of drug-likeness (QED) is 0.850. The second kappa shape index (κ2) is 6.22. The molecule has 1 aliphatic carbocycles. The fourth-order valence-corrected chi connectivity index (χ4v) is 3.17. The van der Waals surface area contributed by atoms with E-state index < -0.39 is 17.3 Å². The smallest absolute Gasteiger partial charge is 0.330 e. The van der Waals surface area contributed by atoms with Crippen LogP contribution < -0.4 is 5.32 Å². The number of carbonyl (C=O) groups excluding carboxylic acids is 1. The van der Waals surface area contributed by atoms with Crippen molar-refractivity contribution in [2.45, 2.75) is 44.2 Å². The summed E-state index contributed by atoms with van der Waals surface area (Å²) >= 11 is 3.33. The van der Waals surface area contributed by atoms with Crippen molar-refractivity contribution in [3.8, 4) is 0 Å². The summed E-state index contributed by atoms with van der Waals surface area (Å²) in [4.78, 5) is 12.2. The molecule has 110 valence electrons. The van der Waals surface area contributed by atoms with Gasteiger partial charge in [0.15, 0.2) is 0 Å². The molecule has 1 aliphatic rings. The van der Waals surface area contributed by atoms with Gasteiger partial charge in [-0.05, 0) is 38.0 Å². The third kappa shape index (κ3) is 3.04. The van der Waals surface area contributed by atoms with Crippen molar-refractivity contribution in [1.29, 1.82) is 0 Å². The van der Waals surface area contributed by atoms with Crippen LogP contribution in [0.4, 0.5) is 4.39 Å². The summed E-state index contributed by atoms with van der Waals surface area (Å²) in [7, 11) is 1.33. The molecule has 0 amide bonds. The predicted molar refractivity (Wildman–Crippen MR) is 78.9 cm³/mol. The molecule has 1 aromatic carbocycles. The van der Waals surface area contributed by atoms with Crippen molar-refractivity contribution in [2.75, 3.05) is 7.11 Å². The van der Waals surface area contributed by atoms with E-state index in [4.69, 9.17) is 4.74 Å². The summed E-state index contributed by atoms with van der Waals surface area (Å²) in [6.07, 6.45) is 4.27. The minimum Gasteiger partial charge on any atom is -0.467 e. The van der Waals surface area contributed by atoms with Gasteiger partial charge in [-0.15, -0.1) is 0 Å². The average Bonchev–Trinajstić information content (AvgIpc) is 2.93. The third-order valence-corrected chi connectivity index (χ3v) is 4.40. The summed E-state index contributed by atoms with van der Waals surface area (Å²) in [5, 5.41) is 3.29. The van der Waals surface area contributed by atoms with Crippen LogP contribution in [0.15, 0.2) is 22.7 Å². The topological polar surface area (TPSA) is 38.3 Å². The Kier molecular flexibility index (Phi) is 4.81. The molecule has 1 unspecified atom stereocenters. The van der Waals surface area contributed by atoms with Crippen LogP contribution in [0.1, 0.15) is 38.2 Å². The Morgan fingerprint density at radius 3 is 2.70 bits per heavy atom. The highest BCUT2D eigenvalue weighted by Crippen LogP contribution is 2.31. The van der Waals surface area contributed by atoms with Gasteiger partial charge < -0.3 is 4.74 Å². The lowest BCUT2D eigenvalue weighted by Crippen LogP contribution is -2.51. The fourth-order valence-electron chi connectivity index (χ4n) is 2.81. The number of rotatable bonds is 4. The molecule has 1 saturated carbocycles. The maximum atomic E-state index is 14.2. The fraction of sp³-hybridized carbons (Fsp3) is 0.533. The highest BCUT2D eigenvalue weighted by Gasteiger charge is 2.40. The Bertz CT molecular complexity index is 503. The molecule has 1 aromatic rings. The van der Waals surface area contributed by atoms with E-state index in [1.807, 2.05) is 0 Å². The summed E-state index contributed by atoms with van der Waals surface area (Å²) in [5.74, 6) is -0.881. The van der Waals surface area contributed by atoms with Crippen molar-refractivity contribution >= 4 is 21.9 Å². The predicted octanol–water partition coefficient (Wildman–Crippen LogP) is 3.51. The molecule has 0 spiro atoms. The van der Waals surface area contributed by atoms with Gasteiger partial charge in [0, 0.05) is 16.1 Å². The summed E-state index contributed by atoms with van der Waals surface area (Å²) in [5.41, 5.74) is -0.858. The third-order valence-electron chi connectivity index (χ3n) is 3.91. The van der Waals surface area contributed by atoms with E-state index >= 15 is 0 Å². The lowest BCUT2D eigenvalue weighted by molar-refractivity contribution is -0.149. The summed E-state index contributed by atoms with van der Waals surface area (Å²) in [6.45, 7) is 1.68. The van der Waals surface area contributed by atoms with Gasteiger partial charge in [0.1, 0.15) is 11.4 Å². The normalized spacial score (nSPS) is 18.8. The first-order chi connectivity index (χ1) is 9.47. The summed E-state index contributed by atoms with van der Waals surface area (Å²) < 4.78 is 19.8. The molecule has 1 fully saturated rings. The van der Waals surface area contributed by atoms with E-state index in [0.717, 1.165) is 30.2 Å². The van der Waals surface area contributed by atoms with Crippen LogP contribution in [-0.4, -0.2) is 19.1 Å². The van der Waals surface area contributed by atoms with E-state index in [0.29, 0.717) is 5.56 Å². The van der Waals surface area contributed by atoms with Gasteiger partial charge in [-0.2, -0.15) is 0 Å². The molecule has 0 aliphatic heterocycles. The van der Waals surface area contributed by atoms with Crippen LogP contribution in [0.2, 0.25) is 0 Å². The van der Waals surface area contributed by atoms with Crippen molar-refractivity contribution in [3.63, 3.8) is 0 Å². The van der Waals surface area contributed by atoms with E-state index in [9.17, 15) is 9.18 Å². The number of benzene rings is 1. The minimum absolute atomic E-state index is 0.220. The number of nitrogens with one attached hydrogen (secondary N) is 1. The SMILES string of the molecule is COC(=O)C(C)(NC1CCCC1)c1cc(Br)ccc1F. The molecule has 1 N–H and O–H groups in total. The van der Waals surface area contributed by atoms with Gasteiger partial charge in [0.25, 0.3) is 0 Å².